The molecule has 0 unspecified atom stereocenters. The number of carbonyl (C=O) groups excluding carboxylic acids is 1. The number of hydrogen-bond donors (Lipinski definition) is 0. The molecule has 0 N–H and O–H groups in total. The molecule has 0 amide bonds. The van der Waals surface area contributed by atoms with E-state index in [9.17, 15) is 4.79 Å². The molecule has 6 heteroatoms. The fourth-order valence-corrected chi connectivity index (χ4v) is 1.82. The quantitative estimate of drug-likeness (QED) is 0.797. The molecule has 2 aromatic rings. The largest absolute Gasteiger partial charge is 0.493 e. The standard InChI is InChI=1S/C12H10ClNO4/c1-16-9-5-3-4-7(11(9)17-2)10-8(6-15)12(13)18-14-10/h3-6H,1-2H3. The summed E-state index contributed by atoms with van der Waals surface area (Å²) < 4.78 is 15.2. The van der Waals surface area contributed by atoms with Crippen LogP contribution in [0, 0.1) is 0 Å². The van der Waals surface area contributed by atoms with Gasteiger partial charge in [0.1, 0.15) is 11.3 Å². The average molecular weight is 268 g/mol. The highest BCUT2D eigenvalue weighted by Crippen LogP contribution is 2.39. The van der Waals surface area contributed by atoms with Crippen molar-refractivity contribution in [2.45, 2.75) is 0 Å². The van der Waals surface area contributed by atoms with Crippen LogP contribution in [0.1, 0.15) is 10.4 Å². The number of ether oxygens (including phenoxy) is 2. The lowest BCUT2D eigenvalue weighted by atomic mass is 10.1. The summed E-state index contributed by atoms with van der Waals surface area (Å²) in [5.41, 5.74) is 1.09. The average Bonchev–Trinajstić information content (AvgIpc) is 2.78. The van der Waals surface area contributed by atoms with E-state index in [-0.39, 0.29) is 10.8 Å². The van der Waals surface area contributed by atoms with E-state index in [2.05, 4.69) is 5.16 Å². The number of aldehydes is 1. The van der Waals surface area contributed by atoms with E-state index in [1.165, 1.54) is 14.2 Å². The minimum atomic E-state index is -0.0510. The fourth-order valence-electron chi connectivity index (χ4n) is 1.65. The number of para-hydroxylation sites is 1. The maximum Gasteiger partial charge on any atom is 0.237 e. The van der Waals surface area contributed by atoms with E-state index in [1.807, 2.05) is 0 Å². The van der Waals surface area contributed by atoms with Gasteiger partial charge in [-0.2, -0.15) is 0 Å². The van der Waals surface area contributed by atoms with Gasteiger partial charge in [0.15, 0.2) is 17.8 Å². The highest BCUT2D eigenvalue weighted by Gasteiger charge is 2.20. The smallest absolute Gasteiger partial charge is 0.237 e. The maximum absolute atomic E-state index is 11.0. The van der Waals surface area contributed by atoms with Crippen LogP contribution in [0.5, 0.6) is 11.5 Å². The lowest BCUT2D eigenvalue weighted by molar-refractivity contribution is 0.112. The first kappa shape index (κ1) is 12.4. The number of halogens is 1. The van der Waals surface area contributed by atoms with Crippen LogP contribution < -0.4 is 9.47 Å². The summed E-state index contributed by atoms with van der Waals surface area (Å²) in [5.74, 6) is 0.999. The molecule has 18 heavy (non-hydrogen) atoms. The van der Waals surface area contributed by atoms with Gasteiger partial charge in [-0.1, -0.05) is 11.2 Å². The summed E-state index contributed by atoms with van der Waals surface area (Å²) in [6.45, 7) is 0. The normalized spacial score (nSPS) is 10.2. The molecule has 0 spiro atoms. The monoisotopic (exact) mass is 267 g/mol. The predicted molar refractivity (Wildman–Crippen MR) is 65.4 cm³/mol. The van der Waals surface area contributed by atoms with Crippen LogP contribution in [0.4, 0.5) is 0 Å². The van der Waals surface area contributed by atoms with E-state index >= 15 is 0 Å². The summed E-state index contributed by atoms with van der Waals surface area (Å²) in [6.07, 6.45) is 0.590. The number of benzene rings is 1. The van der Waals surface area contributed by atoms with Gasteiger partial charge in [0.2, 0.25) is 5.22 Å². The highest BCUT2D eigenvalue weighted by atomic mass is 35.5. The summed E-state index contributed by atoms with van der Waals surface area (Å²) in [7, 11) is 3.03. The first-order valence-electron chi connectivity index (χ1n) is 5.04. The first-order valence-corrected chi connectivity index (χ1v) is 5.42. The Bertz CT molecular complexity index is 579. The Labute approximate surface area is 108 Å². The Hall–Kier alpha value is -2.01. The van der Waals surface area contributed by atoms with Gasteiger partial charge in [0, 0.05) is 0 Å². The molecule has 0 bridgehead atoms. The Morgan fingerprint density at radius 1 is 1.33 bits per heavy atom. The third-order valence-electron chi connectivity index (χ3n) is 2.46. The molecule has 0 saturated carbocycles. The first-order chi connectivity index (χ1) is 8.72. The van der Waals surface area contributed by atoms with Crippen molar-refractivity contribution in [1.29, 1.82) is 0 Å². The molecule has 2 rings (SSSR count). The van der Waals surface area contributed by atoms with Crippen molar-refractivity contribution in [2.24, 2.45) is 0 Å². The van der Waals surface area contributed by atoms with Crippen molar-refractivity contribution >= 4 is 17.9 Å². The van der Waals surface area contributed by atoms with Crippen LogP contribution in [0.3, 0.4) is 0 Å². The SMILES string of the molecule is COc1cccc(-c2noc(Cl)c2C=O)c1OC. The minimum Gasteiger partial charge on any atom is -0.493 e. The van der Waals surface area contributed by atoms with E-state index < -0.39 is 0 Å². The summed E-state index contributed by atoms with van der Waals surface area (Å²) >= 11 is 5.73. The minimum absolute atomic E-state index is 0.0510. The van der Waals surface area contributed by atoms with Crippen molar-refractivity contribution in [1.82, 2.24) is 5.16 Å². The zero-order chi connectivity index (χ0) is 13.1. The van der Waals surface area contributed by atoms with E-state index in [4.69, 9.17) is 25.6 Å². The van der Waals surface area contributed by atoms with E-state index in [0.29, 0.717) is 29.0 Å². The van der Waals surface area contributed by atoms with Crippen molar-refractivity contribution in [3.8, 4) is 22.8 Å². The zero-order valence-corrected chi connectivity index (χ0v) is 10.5. The molecule has 1 aromatic carbocycles. The second kappa shape index (κ2) is 5.10. The molecule has 0 atom stereocenters. The number of aromatic nitrogens is 1. The third kappa shape index (κ3) is 1.93. The van der Waals surface area contributed by atoms with E-state index in [0.717, 1.165) is 0 Å². The van der Waals surface area contributed by atoms with Crippen LogP contribution >= 0.6 is 11.6 Å². The van der Waals surface area contributed by atoms with Gasteiger partial charge in [-0.25, -0.2) is 0 Å². The number of rotatable bonds is 4. The van der Waals surface area contributed by atoms with Crippen molar-refractivity contribution in [3.05, 3.63) is 29.0 Å². The molecular formula is C12H10ClNO4. The summed E-state index contributed by atoms with van der Waals surface area (Å²) in [4.78, 5) is 11.0. The van der Waals surface area contributed by atoms with Crippen LogP contribution in [0.2, 0.25) is 5.22 Å². The lowest BCUT2D eigenvalue weighted by Gasteiger charge is -2.10. The van der Waals surface area contributed by atoms with E-state index in [1.54, 1.807) is 18.2 Å². The van der Waals surface area contributed by atoms with Crippen LogP contribution in [-0.4, -0.2) is 25.7 Å². The predicted octanol–water partition coefficient (Wildman–Crippen LogP) is 2.82. The van der Waals surface area contributed by atoms with Gasteiger partial charge in [-0.05, 0) is 23.7 Å². The molecule has 0 aliphatic rings. The Morgan fingerprint density at radius 3 is 2.72 bits per heavy atom. The van der Waals surface area contributed by atoms with Gasteiger partial charge in [0.05, 0.1) is 19.8 Å². The van der Waals surface area contributed by atoms with Gasteiger partial charge in [-0.3, -0.25) is 4.79 Å². The Morgan fingerprint density at radius 2 is 2.11 bits per heavy atom. The summed E-state index contributed by atoms with van der Waals surface area (Å²) in [5, 5.41) is 3.72. The Balaban J connectivity index is 2.66. The lowest BCUT2D eigenvalue weighted by Crippen LogP contribution is -1.94. The van der Waals surface area contributed by atoms with Gasteiger partial charge >= 0.3 is 0 Å². The molecule has 0 aliphatic carbocycles. The third-order valence-corrected chi connectivity index (χ3v) is 2.73. The molecule has 0 saturated heterocycles. The molecule has 5 nitrogen and oxygen atoms in total. The van der Waals surface area contributed by atoms with Gasteiger partial charge in [0.25, 0.3) is 0 Å². The second-order valence-electron chi connectivity index (χ2n) is 3.38. The van der Waals surface area contributed by atoms with Crippen LogP contribution in [-0.2, 0) is 0 Å². The molecule has 0 fully saturated rings. The molecule has 1 heterocycles. The number of methoxy groups -OCH3 is 2. The zero-order valence-electron chi connectivity index (χ0n) is 9.77. The molecule has 94 valence electrons. The van der Waals surface area contributed by atoms with Gasteiger partial charge < -0.3 is 14.0 Å². The number of carbonyl (C=O) groups is 1. The topological polar surface area (TPSA) is 61.6 Å². The van der Waals surface area contributed by atoms with Crippen LogP contribution in [0.15, 0.2) is 22.7 Å². The summed E-state index contributed by atoms with van der Waals surface area (Å²) in [6, 6.07) is 5.24. The molecular weight excluding hydrogens is 258 g/mol. The number of nitrogens with zero attached hydrogens (tertiary/aromatic N) is 1. The van der Waals surface area contributed by atoms with Crippen LogP contribution in [0.25, 0.3) is 11.3 Å². The Kier molecular flexibility index (Phi) is 3.53. The maximum atomic E-state index is 11.0. The van der Waals surface area contributed by atoms with Crippen molar-refractivity contribution in [2.75, 3.05) is 14.2 Å². The molecule has 1 aromatic heterocycles. The van der Waals surface area contributed by atoms with Gasteiger partial charge in [-0.15, -0.1) is 0 Å². The molecule has 0 radical (unpaired) electrons. The fraction of sp³-hybridized carbons (Fsp3) is 0.167. The second-order valence-corrected chi connectivity index (χ2v) is 3.72. The highest BCUT2D eigenvalue weighted by molar-refractivity contribution is 6.31. The van der Waals surface area contributed by atoms with Crippen molar-refractivity contribution in [3.63, 3.8) is 0 Å². The van der Waals surface area contributed by atoms with Crippen molar-refractivity contribution < 1.29 is 18.8 Å². The number of hydrogen-bond acceptors (Lipinski definition) is 5. The molecule has 0 aliphatic heterocycles.